The highest BCUT2D eigenvalue weighted by Crippen LogP contribution is 2.17. The number of hydrogen-bond donors (Lipinski definition) is 2. The van der Waals surface area contributed by atoms with Gasteiger partial charge in [-0.15, -0.1) is 0 Å². The molecule has 0 aliphatic rings. The smallest absolute Gasteiger partial charge is 0.119 e. The van der Waals surface area contributed by atoms with Crippen LogP contribution in [-0.2, 0) is 0 Å². The van der Waals surface area contributed by atoms with Gasteiger partial charge in [-0.3, -0.25) is 0 Å². The lowest BCUT2D eigenvalue weighted by Crippen LogP contribution is -2.20. The molecule has 2 unspecified atom stereocenters. The molecule has 0 amide bonds. The number of aliphatic hydroxyl groups excluding tert-OH is 1. The normalized spacial score (nSPS) is 14.1. The predicted octanol–water partition coefficient (Wildman–Crippen LogP) is 3.14. The van der Waals surface area contributed by atoms with E-state index in [4.69, 9.17) is 9.84 Å². The Morgan fingerprint density at radius 3 is 2.47 bits per heavy atom. The number of rotatable bonds is 9. The molecule has 1 aromatic rings. The molecule has 1 aromatic carbocycles. The summed E-state index contributed by atoms with van der Waals surface area (Å²) < 4.78 is 5.43. The van der Waals surface area contributed by atoms with Crippen molar-refractivity contribution in [2.45, 2.75) is 39.7 Å². The number of nitrogens with one attached hydrogen (secondary N) is 1. The maximum Gasteiger partial charge on any atom is 0.119 e. The molecule has 0 aliphatic heterocycles. The summed E-state index contributed by atoms with van der Waals surface area (Å²) in [5.74, 6) is 1.33. The third-order valence-electron chi connectivity index (χ3n) is 3.33. The van der Waals surface area contributed by atoms with E-state index in [1.165, 1.54) is 5.56 Å². The molecule has 0 saturated heterocycles. The quantitative estimate of drug-likeness (QED) is 0.674. The second-order valence-electron chi connectivity index (χ2n) is 5.11. The standard InChI is InChI=1S/C16H27NO2/c1-4-19-16-9-7-15(8-10-16)14(3)17-11-5-6-13(2)12-18/h7-10,13-14,17-18H,4-6,11-12H2,1-3H3. The van der Waals surface area contributed by atoms with E-state index in [0.29, 0.717) is 18.6 Å². The average Bonchev–Trinajstić information content (AvgIpc) is 2.44. The van der Waals surface area contributed by atoms with E-state index in [1.807, 2.05) is 19.1 Å². The van der Waals surface area contributed by atoms with Gasteiger partial charge < -0.3 is 15.2 Å². The molecule has 0 heterocycles. The molecule has 3 nitrogen and oxygen atoms in total. The molecular formula is C16H27NO2. The number of aliphatic hydroxyl groups is 1. The molecule has 1 rings (SSSR count). The van der Waals surface area contributed by atoms with Crippen molar-refractivity contribution in [3.8, 4) is 5.75 Å². The van der Waals surface area contributed by atoms with Crippen LogP contribution < -0.4 is 10.1 Å². The highest BCUT2D eigenvalue weighted by atomic mass is 16.5. The minimum atomic E-state index is 0.286. The van der Waals surface area contributed by atoms with Crippen molar-refractivity contribution in [2.75, 3.05) is 19.8 Å². The summed E-state index contributed by atoms with van der Waals surface area (Å²) in [5, 5.41) is 12.5. The van der Waals surface area contributed by atoms with Crippen LogP contribution in [-0.4, -0.2) is 24.9 Å². The highest BCUT2D eigenvalue weighted by Gasteiger charge is 2.05. The fourth-order valence-electron chi connectivity index (χ4n) is 2.00. The molecule has 3 heteroatoms. The molecule has 0 aliphatic carbocycles. The Bertz CT molecular complexity index is 337. The van der Waals surface area contributed by atoms with Gasteiger partial charge in [0.1, 0.15) is 5.75 Å². The predicted molar refractivity (Wildman–Crippen MR) is 79.5 cm³/mol. The first kappa shape index (κ1) is 16.0. The van der Waals surface area contributed by atoms with E-state index in [9.17, 15) is 0 Å². The van der Waals surface area contributed by atoms with Gasteiger partial charge >= 0.3 is 0 Å². The molecule has 0 saturated carbocycles. The topological polar surface area (TPSA) is 41.5 Å². The van der Waals surface area contributed by atoms with Crippen LogP contribution in [0.25, 0.3) is 0 Å². The van der Waals surface area contributed by atoms with Gasteiger partial charge in [0, 0.05) is 12.6 Å². The fraction of sp³-hybridized carbons (Fsp3) is 0.625. The number of hydrogen-bond acceptors (Lipinski definition) is 3. The molecule has 0 fully saturated rings. The Labute approximate surface area is 117 Å². The van der Waals surface area contributed by atoms with Gasteiger partial charge in [-0.05, 0) is 56.8 Å². The minimum absolute atomic E-state index is 0.286. The van der Waals surface area contributed by atoms with Crippen molar-refractivity contribution in [3.63, 3.8) is 0 Å². The number of benzene rings is 1. The van der Waals surface area contributed by atoms with Crippen LogP contribution >= 0.6 is 0 Å². The third kappa shape index (κ3) is 6.08. The molecular weight excluding hydrogens is 238 g/mol. The second kappa shape index (κ2) is 8.94. The average molecular weight is 265 g/mol. The van der Waals surface area contributed by atoms with Gasteiger partial charge in [0.15, 0.2) is 0 Å². The van der Waals surface area contributed by atoms with E-state index in [-0.39, 0.29) is 6.61 Å². The van der Waals surface area contributed by atoms with Crippen LogP contribution in [0.1, 0.15) is 45.2 Å². The summed E-state index contributed by atoms with van der Waals surface area (Å²) >= 11 is 0. The molecule has 108 valence electrons. The summed E-state index contributed by atoms with van der Waals surface area (Å²) in [4.78, 5) is 0. The van der Waals surface area contributed by atoms with Gasteiger partial charge in [0.2, 0.25) is 0 Å². The molecule has 19 heavy (non-hydrogen) atoms. The summed E-state index contributed by atoms with van der Waals surface area (Å²) in [6.45, 7) is 8.22. The Morgan fingerprint density at radius 2 is 1.89 bits per heavy atom. The van der Waals surface area contributed by atoms with Crippen molar-refractivity contribution < 1.29 is 9.84 Å². The first-order chi connectivity index (χ1) is 9.17. The van der Waals surface area contributed by atoms with Crippen LogP contribution in [0.4, 0.5) is 0 Å². The van der Waals surface area contributed by atoms with Crippen LogP contribution in [0.3, 0.4) is 0 Å². The van der Waals surface area contributed by atoms with Crippen LogP contribution in [0.15, 0.2) is 24.3 Å². The zero-order chi connectivity index (χ0) is 14.1. The molecule has 0 bridgehead atoms. The maximum absolute atomic E-state index is 8.96. The van der Waals surface area contributed by atoms with Crippen molar-refractivity contribution in [1.29, 1.82) is 0 Å². The van der Waals surface area contributed by atoms with Crippen molar-refractivity contribution in [1.82, 2.24) is 5.32 Å². The lowest BCUT2D eigenvalue weighted by Gasteiger charge is -2.15. The van der Waals surface area contributed by atoms with E-state index >= 15 is 0 Å². The summed E-state index contributed by atoms with van der Waals surface area (Å²) in [7, 11) is 0. The number of ether oxygens (including phenoxy) is 1. The zero-order valence-corrected chi connectivity index (χ0v) is 12.4. The monoisotopic (exact) mass is 265 g/mol. The first-order valence-electron chi connectivity index (χ1n) is 7.24. The van der Waals surface area contributed by atoms with Crippen molar-refractivity contribution in [2.24, 2.45) is 5.92 Å². The first-order valence-corrected chi connectivity index (χ1v) is 7.24. The van der Waals surface area contributed by atoms with E-state index in [1.54, 1.807) is 0 Å². The summed E-state index contributed by atoms with van der Waals surface area (Å²) in [5.41, 5.74) is 1.28. The van der Waals surface area contributed by atoms with Gasteiger partial charge in [-0.1, -0.05) is 19.1 Å². The maximum atomic E-state index is 8.96. The Morgan fingerprint density at radius 1 is 1.21 bits per heavy atom. The van der Waals surface area contributed by atoms with Gasteiger partial charge in [-0.2, -0.15) is 0 Å². The lowest BCUT2D eigenvalue weighted by atomic mass is 10.1. The molecule has 0 radical (unpaired) electrons. The Hall–Kier alpha value is -1.06. The molecule has 2 N–H and O–H groups in total. The van der Waals surface area contributed by atoms with E-state index in [2.05, 4.69) is 31.3 Å². The van der Waals surface area contributed by atoms with Gasteiger partial charge in [-0.25, -0.2) is 0 Å². The van der Waals surface area contributed by atoms with Crippen molar-refractivity contribution in [3.05, 3.63) is 29.8 Å². The van der Waals surface area contributed by atoms with Gasteiger partial charge in [0.25, 0.3) is 0 Å². The molecule has 0 spiro atoms. The second-order valence-corrected chi connectivity index (χ2v) is 5.11. The van der Waals surface area contributed by atoms with Crippen LogP contribution in [0.2, 0.25) is 0 Å². The SMILES string of the molecule is CCOc1ccc(C(C)NCCCC(C)CO)cc1. The van der Waals surface area contributed by atoms with Crippen LogP contribution in [0.5, 0.6) is 5.75 Å². The highest BCUT2D eigenvalue weighted by molar-refractivity contribution is 5.28. The van der Waals surface area contributed by atoms with Crippen molar-refractivity contribution >= 4 is 0 Å². The Balaban J connectivity index is 2.30. The molecule has 2 atom stereocenters. The Kier molecular flexibility index (Phi) is 7.53. The summed E-state index contributed by atoms with van der Waals surface area (Å²) in [6, 6.07) is 8.60. The third-order valence-corrected chi connectivity index (χ3v) is 3.33. The largest absolute Gasteiger partial charge is 0.494 e. The summed E-state index contributed by atoms with van der Waals surface area (Å²) in [6.07, 6.45) is 2.17. The van der Waals surface area contributed by atoms with E-state index < -0.39 is 0 Å². The van der Waals surface area contributed by atoms with E-state index in [0.717, 1.165) is 25.1 Å². The fourth-order valence-corrected chi connectivity index (χ4v) is 2.00. The minimum Gasteiger partial charge on any atom is -0.494 e. The van der Waals surface area contributed by atoms with Gasteiger partial charge in [0.05, 0.1) is 6.61 Å². The zero-order valence-electron chi connectivity index (χ0n) is 12.4. The molecule has 0 aromatic heterocycles. The van der Waals surface area contributed by atoms with Crippen LogP contribution in [0, 0.1) is 5.92 Å². The lowest BCUT2D eigenvalue weighted by molar-refractivity contribution is 0.227.